The fraction of sp³-hybridized carbons (Fsp3) is 0.917. The second-order valence-corrected chi connectivity index (χ2v) is 7.26. The average Bonchev–Trinajstić information content (AvgIpc) is 2.59. The van der Waals surface area contributed by atoms with Crippen LogP contribution in [0.2, 0.25) is 0 Å². The molecule has 16 heavy (non-hydrogen) atoms. The third-order valence-electron chi connectivity index (χ3n) is 2.60. The van der Waals surface area contributed by atoms with E-state index < -0.39 is 0 Å². The van der Waals surface area contributed by atoms with Crippen LogP contribution in [-0.2, 0) is 9.53 Å². The Hall–Kier alpha value is -0.220. The molecule has 0 aromatic rings. The number of ether oxygens (including phenoxy) is 1. The van der Waals surface area contributed by atoms with E-state index in [1.54, 1.807) is 0 Å². The molecule has 0 aliphatic carbocycles. The summed E-state index contributed by atoms with van der Waals surface area (Å²) in [5, 5.41) is 2.95. The summed E-state index contributed by atoms with van der Waals surface area (Å²) in [6.07, 6.45) is 2.45. The van der Waals surface area contributed by atoms with Crippen molar-refractivity contribution in [1.82, 2.24) is 5.32 Å². The summed E-state index contributed by atoms with van der Waals surface area (Å²) in [6, 6.07) is 0. The van der Waals surface area contributed by atoms with Gasteiger partial charge in [-0.15, -0.1) is 0 Å². The molecule has 0 aromatic heterocycles. The maximum Gasteiger partial charge on any atom is 0.246 e. The Morgan fingerprint density at radius 3 is 2.69 bits per heavy atom. The molecule has 0 radical (unpaired) electrons. The standard InChI is InChI=1S/C12H23NO2S/c1-11(2,3)15-8-10(14)13-9-12(4)6-5-7-16-12/h5-9H2,1-4H3,(H,13,14). The molecule has 1 unspecified atom stereocenters. The lowest BCUT2D eigenvalue weighted by Crippen LogP contribution is -2.39. The summed E-state index contributed by atoms with van der Waals surface area (Å²) in [5.41, 5.74) is -0.247. The molecular weight excluding hydrogens is 222 g/mol. The van der Waals surface area contributed by atoms with Crippen LogP contribution in [0.1, 0.15) is 40.5 Å². The van der Waals surface area contributed by atoms with Crippen LogP contribution in [0, 0.1) is 0 Å². The highest BCUT2D eigenvalue weighted by Gasteiger charge is 2.29. The second-order valence-electron chi connectivity index (χ2n) is 5.58. The van der Waals surface area contributed by atoms with E-state index >= 15 is 0 Å². The molecule has 0 spiro atoms. The minimum atomic E-state index is -0.247. The first kappa shape index (κ1) is 13.8. The predicted octanol–water partition coefficient (Wildman–Crippen LogP) is 2.20. The summed E-state index contributed by atoms with van der Waals surface area (Å²) in [4.78, 5) is 11.5. The maximum absolute atomic E-state index is 11.5. The van der Waals surface area contributed by atoms with Crippen LogP contribution in [0.4, 0.5) is 0 Å². The number of carbonyl (C=O) groups is 1. The zero-order chi connectivity index (χ0) is 12.2. The van der Waals surface area contributed by atoms with Gasteiger partial charge in [-0.25, -0.2) is 0 Å². The molecule has 1 fully saturated rings. The van der Waals surface area contributed by atoms with Crippen molar-refractivity contribution in [1.29, 1.82) is 0 Å². The molecule has 0 aromatic carbocycles. The minimum absolute atomic E-state index is 0.0105. The smallest absolute Gasteiger partial charge is 0.246 e. The highest BCUT2D eigenvalue weighted by molar-refractivity contribution is 8.00. The first-order valence-corrected chi connectivity index (χ1v) is 6.84. The van der Waals surface area contributed by atoms with Crippen molar-refractivity contribution in [3.8, 4) is 0 Å². The number of hydrogen-bond donors (Lipinski definition) is 1. The number of nitrogens with one attached hydrogen (secondary N) is 1. The first-order chi connectivity index (χ1) is 7.31. The van der Waals surface area contributed by atoms with Crippen LogP contribution in [0.15, 0.2) is 0 Å². The van der Waals surface area contributed by atoms with Crippen molar-refractivity contribution in [3.63, 3.8) is 0 Å². The van der Waals surface area contributed by atoms with Gasteiger partial charge in [-0.3, -0.25) is 4.79 Å². The minimum Gasteiger partial charge on any atom is -0.366 e. The molecule has 1 aliphatic rings. The highest BCUT2D eigenvalue weighted by atomic mass is 32.2. The van der Waals surface area contributed by atoms with Gasteiger partial charge in [0, 0.05) is 11.3 Å². The van der Waals surface area contributed by atoms with E-state index in [1.807, 2.05) is 32.5 Å². The summed E-state index contributed by atoms with van der Waals surface area (Å²) in [7, 11) is 0. The quantitative estimate of drug-likeness (QED) is 0.825. The largest absolute Gasteiger partial charge is 0.366 e. The molecular formula is C12H23NO2S. The van der Waals surface area contributed by atoms with Crippen molar-refractivity contribution in [2.24, 2.45) is 0 Å². The van der Waals surface area contributed by atoms with Gasteiger partial charge in [0.05, 0.1) is 5.60 Å². The molecule has 1 aliphatic heterocycles. The summed E-state index contributed by atoms with van der Waals surface area (Å²) < 4.78 is 5.65. The lowest BCUT2D eigenvalue weighted by atomic mass is 10.1. The molecule has 0 bridgehead atoms. The van der Waals surface area contributed by atoms with Crippen LogP contribution in [0.3, 0.4) is 0 Å². The SMILES string of the molecule is CC(C)(C)OCC(=O)NCC1(C)CCCS1. The van der Waals surface area contributed by atoms with Crippen molar-refractivity contribution >= 4 is 17.7 Å². The Balaban J connectivity index is 2.20. The molecule has 4 heteroatoms. The monoisotopic (exact) mass is 245 g/mol. The second kappa shape index (κ2) is 5.41. The van der Waals surface area contributed by atoms with Gasteiger partial charge < -0.3 is 10.1 Å². The zero-order valence-electron chi connectivity index (χ0n) is 10.8. The topological polar surface area (TPSA) is 38.3 Å². The third-order valence-corrected chi connectivity index (χ3v) is 4.13. The van der Waals surface area contributed by atoms with Gasteiger partial charge in [-0.05, 0) is 46.3 Å². The van der Waals surface area contributed by atoms with Crippen LogP contribution in [0.5, 0.6) is 0 Å². The van der Waals surface area contributed by atoms with Crippen LogP contribution in [-0.4, -0.2) is 35.2 Å². The van der Waals surface area contributed by atoms with E-state index in [0.717, 1.165) is 6.54 Å². The normalized spacial score (nSPS) is 25.8. The van der Waals surface area contributed by atoms with E-state index in [2.05, 4.69) is 12.2 Å². The van der Waals surface area contributed by atoms with Crippen molar-refractivity contribution in [2.75, 3.05) is 18.9 Å². The molecule has 1 saturated heterocycles. The van der Waals surface area contributed by atoms with Gasteiger partial charge in [0.15, 0.2) is 0 Å². The lowest BCUT2D eigenvalue weighted by Gasteiger charge is -2.24. The molecule has 0 saturated carbocycles. The number of hydrogen-bond acceptors (Lipinski definition) is 3. The summed E-state index contributed by atoms with van der Waals surface area (Å²) in [6.45, 7) is 8.99. The molecule has 1 atom stereocenters. The molecule has 3 nitrogen and oxygen atoms in total. The highest BCUT2D eigenvalue weighted by Crippen LogP contribution is 2.36. The molecule has 1 N–H and O–H groups in total. The van der Waals surface area contributed by atoms with Gasteiger partial charge in [-0.2, -0.15) is 11.8 Å². The number of rotatable bonds is 4. The fourth-order valence-electron chi connectivity index (χ4n) is 1.59. The van der Waals surface area contributed by atoms with Gasteiger partial charge >= 0.3 is 0 Å². The van der Waals surface area contributed by atoms with E-state index in [9.17, 15) is 4.79 Å². The van der Waals surface area contributed by atoms with Gasteiger partial charge in [0.2, 0.25) is 5.91 Å². The Morgan fingerprint density at radius 2 is 2.19 bits per heavy atom. The van der Waals surface area contributed by atoms with E-state index in [-0.39, 0.29) is 22.9 Å². The lowest BCUT2D eigenvalue weighted by molar-refractivity contribution is -0.130. The Bertz CT molecular complexity index is 242. The van der Waals surface area contributed by atoms with Crippen molar-refractivity contribution < 1.29 is 9.53 Å². The van der Waals surface area contributed by atoms with Gasteiger partial charge in [0.1, 0.15) is 6.61 Å². The summed E-state index contributed by atoms with van der Waals surface area (Å²) >= 11 is 1.95. The Morgan fingerprint density at radius 1 is 1.50 bits per heavy atom. The van der Waals surface area contributed by atoms with E-state index in [1.165, 1.54) is 18.6 Å². The van der Waals surface area contributed by atoms with Crippen LogP contribution in [0.25, 0.3) is 0 Å². The number of carbonyl (C=O) groups excluding carboxylic acids is 1. The maximum atomic E-state index is 11.5. The average molecular weight is 245 g/mol. The molecule has 1 rings (SSSR count). The van der Waals surface area contributed by atoms with Gasteiger partial charge in [-0.1, -0.05) is 0 Å². The zero-order valence-corrected chi connectivity index (χ0v) is 11.6. The Kier molecular flexibility index (Phi) is 4.68. The van der Waals surface area contributed by atoms with Crippen LogP contribution < -0.4 is 5.32 Å². The fourth-order valence-corrected chi connectivity index (χ4v) is 2.84. The Labute approximate surface area is 103 Å². The third kappa shape index (κ3) is 5.21. The number of amides is 1. The summed E-state index contributed by atoms with van der Waals surface area (Å²) in [5.74, 6) is 1.20. The van der Waals surface area contributed by atoms with Crippen molar-refractivity contribution in [2.45, 2.75) is 50.9 Å². The molecule has 94 valence electrons. The van der Waals surface area contributed by atoms with Crippen LogP contribution >= 0.6 is 11.8 Å². The van der Waals surface area contributed by atoms with E-state index in [4.69, 9.17) is 4.74 Å². The van der Waals surface area contributed by atoms with E-state index in [0.29, 0.717) is 0 Å². The first-order valence-electron chi connectivity index (χ1n) is 5.85. The molecule has 1 amide bonds. The van der Waals surface area contributed by atoms with Crippen molar-refractivity contribution in [3.05, 3.63) is 0 Å². The molecule has 1 heterocycles. The van der Waals surface area contributed by atoms with Gasteiger partial charge in [0.25, 0.3) is 0 Å². The predicted molar refractivity (Wildman–Crippen MR) is 68.8 cm³/mol. The number of thioether (sulfide) groups is 1.